The zero-order chi connectivity index (χ0) is 12.4. The molecule has 0 fully saturated rings. The van der Waals surface area contributed by atoms with Gasteiger partial charge in [-0.1, -0.05) is 41.4 Å². The average Bonchev–Trinajstić information content (AvgIpc) is 2.63. The molecule has 1 aromatic heterocycles. The van der Waals surface area contributed by atoms with Gasteiger partial charge in [0.15, 0.2) is 5.78 Å². The third-order valence-electron chi connectivity index (χ3n) is 2.62. The molecule has 0 unspecified atom stereocenters. The van der Waals surface area contributed by atoms with Gasteiger partial charge in [-0.05, 0) is 31.0 Å². The summed E-state index contributed by atoms with van der Waals surface area (Å²) >= 11 is 7.32. The Morgan fingerprint density at radius 2 is 1.88 bits per heavy atom. The molecule has 17 heavy (non-hydrogen) atoms. The predicted molar refractivity (Wildman–Crippen MR) is 73.3 cm³/mol. The van der Waals surface area contributed by atoms with Gasteiger partial charge in [-0.3, -0.25) is 4.79 Å². The van der Waals surface area contributed by atoms with Crippen LogP contribution in [0, 0.1) is 13.8 Å². The topological polar surface area (TPSA) is 17.1 Å². The molecule has 1 aromatic carbocycles. The Labute approximate surface area is 110 Å². The maximum Gasteiger partial charge on any atom is 0.177 e. The molecule has 0 aliphatic carbocycles. The first-order valence-electron chi connectivity index (χ1n) is 5.41. The van der Waals surface area contributed by atoms with Crippen LogP contribution in [0.4, 0.5) is 0 Å². The van der Waals surface area contributed by atoms with Crippen molar-refractivity contribution in [2.24, 2.45) is 0 Å². The number of thiophene rings is 1. The summed E-state index contributed by atoms with van der Waals surface area (Å²) in [6.45, 7) is 3.95. The molecule has 0 amide bonds. The van der Waals surface area contributed by atoms with Crippen LogP contribution in [0.5, 0.6) is 0 Å². The van der Waals surface area contributed by atoms with Crippen molar-refractivity contribution in [1.29, 1.82) is 0 Å². The summed E-state index contributed by atoms with van der Waals surface area (Å²) in [6.07, 6.45) is 0.441. The van der Waals surface area contributed by atoms with Gasteiger partial charge < -0.3 is 0 Å². The van der Waals surface area contributed by atoms with Gasteiger partial charge >= 0.3 is 0 Å². The highest BCUT2D eigenvalue weighted by molar-refractivity contribution is 7.18. The Bertz CT molecular complexity index is 520. The molecule has 2 rings (SSSR count). The fraction of sp³-hybridized carbons (Fsp3) is 0.214. The number of ketones is 1. The summed E-state index contributed by atoms with van der Waals surface area (Å²) in [5.74, 6) is 0.133. The van der Waals surface area contributed by atoms with E-state index in [0.717, 1.165) is 16.0 Å². The van der Waals surface area contributed by atoms with Gasteiger partial charge in [0.25, 0.3) is 0 Å². The van der Waals surface area contributed by atoms with E-state index in [1.807, 2.05) is 44.2 Å². The quantitative estimate of drug-likeness (QED) is 0.749. The molecule has 1 heterocycles. The number of halogens is 1. The minimum absolute atomic E-state index is 0.133. The zero-order valence-corrected chi connectivity index (χ0v) is 11.4. The summed E-state index contributed by atoms with van der Waals surface area (Å²) in [7, 11) is 0. The largest absolute Gasteiger partial charge is 0.293 e. The Hall–Kier alpha value is -1.12. The SMILES string of the molecule is Cc1ccc(CC(=O)c2cc(C)c(Cl)s2)cc1. The summed E-state index contributed by atoms with van der Waals surface area (Å²) in [5, 5.41) is 0. The Balaban J connectivity index is 2.14. The fourth-order valence-corrected chi connectivity index (χ4v) is 2.71. The van der Waals surface area contributed by atoms with Crippen LogP contribution < -0.4 is 0 Å². The third kappa shape index (κ3) is 2.96. The van der Waals surface area contributed by atoms with Gasteiger partial charge in [-0.15, -0.1) is 11.3 Å². The Morgan fingerprint density at radius 3 is 2.41 bits per heavy atom. The monoisotopic (exact) mass is 264 g/mol. The van der Waals surface area contributed by atoms with Gasteiger partial charge in [0.1, 0.15) is 0 Å². The van der Waals surface area contributed by atoms with E-state index >= 15 is 0 Å². The number of benzene rings is 1. The molecule has 1 nitrogen and oxygen atoms in total. The zero-order valence-electron chi connectivity index (χ0n) is 9.79. The second kappa shape index (κ2) is 5.03. The summed E-state index contributed by atoms with van der Waals surface area (Å²) in [5.41, 5.74) is 3.22. The Kier molecular flexibility index (Phi) is 3.65. The van der Waals surface area contributed by atoms with Crippen molar-refractivity contribution in [1.82, 2.24) is 0 Å². The van der Waals surface area contributed by atoms with E-state index in [-0.39, 0.29) is 5.78 Å². The van der Waals surface area contributed by atoms with Crippen molar-refractivity contribution in [2.45, 2.75) is 20.3 Å². The predicted octanol–water partition coefficient (Wildman–Crippen LogP) is 4.44. The van der Waals surface area contributed by atoms with Gasteiger partial charge in [0.05, 0.1) is 9.21 Å². The van der Waals surface area contributed by atoms with Gasteiger partial charge in [-0.25, -0.2) is 0 Å². The molecule has 2 aromatic rings. The molecule has 0 aliphatic rings. The van der Waals surface area contributed by atoms with Crippen LogP contribution >= 0.6 is 22.9 Å². The molecule has 88 valence electrons. The van der Waals surface area contributed by atoms with Crippen molar-refractivity contribution in [2.75, 3.05) is 0 Å². The molecule has 0 aliphatic heterocycles. The molecule has 0 spiro atoms. The molecule has 0 saturated carbocycles. The lowest BCUT2D eigenvalue weighted by Gasteiger charge is -1.99. The van der Waals surface area contributed by atoms with Crippen molar-refractivity contribution < 1.29 is 4.79 Å². The van der Waals surface area contributed by atoms with E-state index in [0.29, 0.717) is 10.8 Å². The summed E-state index contributed by atoms with van der Waals surface area (Å²) in [4.78, 5) is 12.8. The highest BCUT2D eigenvalue weighted by Gasteiger charge is 2.11. The highest BCUT2D eigenvalue weighted by Crippen LogP contribution is 2.27. The standard InChI is InChI=1S/C14H13ClOS/c1-9-3-5-11(6-4-9)8-12(16)13-7-10(2)14(15)17-13/h3-7H,8H2,1-2H3. The maximum absolute atomic E-state index is 12.0. The lowest BCUT2D eigenvalue weighted by molar-refractivity contribution is 0.0997. The number of Topliss-reactive ketones (excluding diaryl/α,β-unsaturated/α-hetero) is 1. The Morgan fingerprint density at radius 1 is 1.24 bits per heavy atom. The van der Waals surface area contributed by atoms with E-state index in [1.54, 1.807) is 0 Å². The summed E-state index contributed by atoms with van der Waals surface area (Å²) < 4.78 is 0.706. The van der Waals surface area contributed by atoms with Crippen molar-refractivity contribution in [3.8, 4) is 0 Å². The number of carbonyl (C=O) groups excluding carboxylic acids is 1. The van der Waals surface area contributed by atoms with Crippen LogP contribution in [0.3, 0.4) is 0 Å². The van der Waals surface area contributed by atoms with Gasteiger partial charge in [-0.2, -0.15) is 0 Å². The van der Waals surface area contributed by atoms with Crippen LogP contribution in [0.15, 0.2) is 30.3 Å². The lowest BCUT2D eigenvalue weighted by atomic mass is 10.1. The highest BCUT2D eigenvalue weighted by atomic mass is 35.5. The van der Waals surface area contributed by atoms with Gasteiger partial charge in [0, 0.05) is 6.42 Å². The fourth-order valence-electron chi connectivity index (χ4n) is 1.58. The van der Waals surface area contributed by atoms with Crippen LogP contribution in [-0.4, -0.2) is 5.78 Å². The van der Waals surface area contributed by atoms with Crippen LogP contribution in [0.2, 0.25) is 4.34 Å². The molecule has 3 heteroatoms. The molecule has 0 radical (unpaired) electrons. The van der Waals surface area contributed by atoms with E-state index in [4.69, 9.17) is 11.6 Å². The third-order valence-corrected chi connectivity index (χ3v) is 4.21. The number of hydrogen-bond acceptors (Lipinski definition) is 2. The normalized spacial score (nSPS) is 10.5. The molecule has 0 bridgehead atoms. The van der Waals surface area contributed by atoms with E-state index in [2.05, 4.69) is 0 Å². The van der Waals surface area contributed by atoms with Crippen molar-refractivity contribution in [3.63, 3.8) is 0 Å². The molecular formula is C14H13ClOS. The molecule has 0 N–H and O–H groups in total. The molecular weight excluding hydrogens is 252 g/mol. The summed E-state index contributed by atoms with van der Waals surface area (Å²) in [6, 6.07) is 9.90. The number of aryl methyl sites for hydroxylation is 2. The number of rotatable bonds is 3. The smallest absolute Gasteiger partial charge is 0.177 e. The minimum atomic E-state index is 0.133. The van der Waals surface area contributed by atoms with E-state index in [9.17, 15) is 4.79 Å². The maximum atomic E-state index is 12.0. The van der Waals surface area contributed by atoms with Gasteiger partial charge in [0.2, 0.25) is 0 Å². The first-order chi connectivity index (χ1) is 8.06. The van der Waals surface area contributed by atoms with Crippen LogP contribution in [0.1, 0.15) is 26.4 Å². The second-order valence-electron chi connectivity index (χ2n) is 4.15. The average molecular weight is 265 g/mol. The lowest BCUT2D eigenvalue weighted by Crippen LogP contribution is -2.00. The van der Waals surface area contributed by atoms with E-state index < -0.39 is 0 Å². The van der Waals surface area contributed by atoms with Crippen molar-refractivity contribution in [3.05, 3.63) is 56.2 Å². The van der Waals surface area contributed by atoms with E-state index in [1.165, 1.54) is 16.9 Å². The second-order valence-corrected chi connectivity index (χ2v) is 5.81. The van der Waals surface area contributed by atoms with Crippen LogP contribution in [0.25, 0.3) is 0 Å². The first kappa shape index (κ1) is 12.3. The first-order valence-corrected chi connectivity index (χ1v) is 6.60. The minimum Gasteiger partial charge on any atom is -0.293 e. The number of hydrogen-bond donors (Lipinski definition) is 0. The molecule has 0 atom stereocenters. The van der Waals surface area contributed by atoms with Crippen LogP contribution in [-0.2, 0) is 6.42 Å². The number of carbonyl (C=O) groups is 1. The van der Waals surface area contributed by atoms with Crippen molar-refractivity contribution >= 4 is 28.7 Å². The molecule has 0 saturated heterocycles.